The molecule has 8 rings (SSSR count). The zero-order valence-electron chi connectivity index (χ0n) is 29.2. The van der Waals surface area contributed by atoms with Gasteiger partial charge in [0.15, 0.2) is 0 Å². The van der Waals surface area contributed by atoms with E-state index < -0.39 is 0 Å². The molecule has 0 amide bonds. The molecule has 7 aromatic rings. The molecule has 0 radical (unpaired) electrons. The number of fused-ring (bicyclic) bond motifs is 2. The van der Waals surface area contributed by atoms with E-state index in [1.54, 1.807) is 0 Å². The molecule has 3 heterocycles. The van der Waals surface area contributed by atoms with Crippen molar-refractivity contribution in [2.75, 3.05) is 4.90 Å². The number of hydrogen-bond donors (Lipinski definition) is 0. The van der Waals surface area contributed by atoms with Crippen molar-refractivity contribution in [2.45, 2.75) is 45.4 Å². The quantitative estimate of drug-likeness (QED) is 0.162. The van der Waals surface area contributed by atoms with Crippen molar-refractivity contribution in [1.82, 2.24) is 19.3 Å². The van der Waals surface area contributed by atoms with Crippen LogP contribution in [-0.2, 0) is 38.9 Å². The van der Waals surface area contributed by atoms with Crippen LogP contribution in [0, 0.1) is 12.1 Å². The largest absolute Gasteiger partial charge is 2.00 e. The van der Waals surface area contributed by atoms with Gasteiger partial charge >= 0.3 is 21.1 Å². The molecule has 0 atom stereocenters. The Bertz CT molecular complexity index is 2310. The summed E-state index contributed by atoms with van der Waals surface area (Å²) in [7, 11) is 2.01. The molecule has 1 aliphatic heterocycles. The van der Waals surface area contributed by atoms with Gasteiger partial charge in [-0.25, -0.2) is 0 Å². The van der Waals surface area contributed by atoms with Gasteiger partial charge < -0.3 is 9.47 Å². The predicted molar refractivity (Wildman–Crippen MR) is 200 cm³/mol. The van der Waals surface area contributed by atoms with Crippen molar-refractivity contribution in [1.29, 1.82) is 0 Å². The molecular weight excluding hydrogens is 794 g/mol. The summed E-state index contributed by atoms with van der Waals surface area (Å²) in [6.45, 7) is 11.3. The van der Waals surface area contributed by atoms with Crippen LogP contribution in [0.2, 0.25) is 0 Å². The van der Waals surface area contributed by atoms with Crippen molar-refractivity contribution in [3.05, 3.63) is 157 Å². The summed E-state index contributed by atoms with van der Waals surface area (Å²) < 4.78 is 4.14. The number of aryl methyl sites for hydroxylation is 1. The molecule has 50 heavy (non-hydrogen) atoms. The molecule has 2 aromatic heterocycles. The average molecular weight is 833 g/mol. The first-order valence-corrected chi connectivity index (χ1v) is 16.8. The van der Waals surface area contributed by atoms with Crippen molar-refractivity contribution < 1.29 is 21.1 Å². The van der Waals surface area contributed by atoms with Gasteiger partial charge in [-0.1, -0.05) is 119 Å². The molecule has 250 valence electrons. The number of aromatic nitrogens is 4. The minimum absolute atomic E-state index is 0. The van der Waals surface area contributed by atoms with Gasteiger partial charge in [-0.2, -0.15) is 11.2 Å². The molecule has 1 aliphatic rings. The summed E-state index contributed by atoms with van der Waals surface area (Å²) in [6, 6.07) is 48.3. The van der Waals surface area contributed by atoms with E-state index in [2.05, 4.69) is 177 Å². The second-order valence-corrected chi connectivity index (χ2v) is 14.4. The Morgan fingerprint density at radius 1 is 0.680 bits per heavy atom. The van der Waals surface area contributed by atoms with Crippen LogP contribution in [-0.4, -0.2) is 19.3 Å². The third-order valence-electron chi connectivity index (χ3n) is 9.64. The molecule has 0 N–H and O–H groups in total. The van der Waals surface area contributed by atoms with Crippen LogP contribution in [0.3, 0.4) is 0 Å². The second-order valence-electron chi connectivity index (χ2n) is 14.4. The second kappa shape index (κ2) is 12.7. The van der Waals surface area contributed by atoms with E-state index in [9.17, 15) is 0 Å². The van der Waals surface area contributed by atoms with Gasteiger partial charge in [-0.3, -0.25) is 9.67 Å². The molecule has 0 unspecified atom stereocenters. The van der Waals surface area contributed by atoms with Crippen molar-refractivity contribution >= 4 is 17.1 Å². The van der Waals surface area contributed by atoms with Gasteiger partial charge in [0.25, 0.3) is 0 Å². The third kappa shape index (κ3) is 5.54. The normalized spacial score (nSPS) is 13.4. The molecule has 5 nitrogen and oxygen atoms in total. The number of para-hydroxylation sites is 1. The smallest absolute Gasteiger partial charge is 0.373 e. The minimum atomic E-state index is -0.257. The first kappa shape index (κ1) is 33.5. The van der Waals surface area contributed by atoms with E-state index in [0.29, 0.717) is 0 Å². The molecule has 0 saturated carbocycles. The molecular formula is C44H39N5Pt. The van der Waals surface area contributed by atoms with Crippen LogP contribution >= 0.6 is 0 Å². The van der Waals surface area contributed by atoms with Gasteiger partial charge in [0, 0.05) is 41.7 Å². The minimum Gasteiger partial charge on any atom is -0.373 e. The predicted octanol–water partition coefficient (Wildman–Crippen LogP) is 10.6. The number of hydrogen-bond acceptors (Lipinski definition) is 3. The fourth-order valence-corrected chi connectivity index (χ4v) is 7.19. The van der Waals surface area contributed by atoms with Crippen LogP contribution in [0.4, 0.5) is 17.1 Å². The summed E-state index contributed by atoms with van der Waals surface area (Å²) in [6.07, 6.45) is 3.79. The molecule has 0 saturated heterocycles. The van der Waals surface area contributed by atoms with Gasteiger partial charge in [-0.15, -0.1) is 47.5 Å². The zero-order valence-corrected chi connectivity index (χ0v) is 31.4. The van der Waals surface area contributed by atoms with Gasteiger partial charge in [0.2, 0.25) is 0 Å². The molecule has 0 bridgehead atoms. The van der Waals surface area contributed by atoms with E-state index >= 15 is 0 Å². The first-order valence-electron chi connectivity index (χ1n) is 16.8. The first-order chi connectivity index (χ1) is 23.6. The topological polar surface area (TPSA) is 38.9 Å². The van der Waals surface area contributed by atoms with Gasteiger partial charge in [-0.05, 0) is 34.0 Å². The Balaban J connectivity index is 0.00000392. The number of nitrogens with zero attached hydrogens (tertiary/aromatic N) is 5. The Morgan fingerprint density at radius 2 is 1.36 bits per heavy atom. The van der Waals surface area contributed by atoms with Crippen LogP contribution < -0.4 is 4.90 Å². The number of anilines is 3. The van der Waals surface area contributed by atoms with Gasteiger partial charge in [0.05, 0.1) is 17.2 Å². The Labute approximate surface area is 309 Å². The Hall–Kier alpha value is -4.99. The molecule has 0 fully saturated rings. The maximum absolute atomic E-state index is 5.44. The Morgan fingerprint density at radius 3 is 2.04 bits per heavy atom. The van der Waals surface area contributed by atoms with Crippen molar-refractivity contribution in [3.8, 4) is 39.5 Å². The summed E-state index contributed by atoms with van der Waals surface area (Å²) in [4.78, 5) is 6.93. The fourth-order valence-electron chi connectivity index (χ4n) is 7.19. The van der Waals surface area contributed by atoms with Crippen molar-refractivity contribution in [3.63, 3.8) is 0 Å². The standard InChI is InChI=1S/C44H39N5.Pt/c1-43(2,3)41-39(30-16-9-7-10-17-30)40(31-18-11-8-12-19-31)49(46-41)34-24-25-36-38(29-34)48(37-23-14-13-22-35(37)44(36,4)5)33-21-15-20-32(28-33)42-45-26-27-47(42)6;/h7-27H,1-6H3;/q-2;+2. The van der Waals surface area contributed by atoms with Crippen LogP contribution in [0.15, 0.2) is 128 Å². The Kier molecular flexibility index (Phi) is 8.52. The van der Waals surface area contributed by atoms with Crippen LogP contribution in [0.5, 0.6) is 0 Å². The number of benzene rings is 5. The summed E-state index contributed by atoms with van der Waals surface area (Å²) in [5.74, 6) is 0.873. The van der Waals surface area contributed by atoms with E-state index in [1.807, 2.05) is 24.0 Å². The summed E-state index contributed by atoms with van der Waals surface area (Å²) >= 11 is 0. The molecule has 0 aliphatic carbocycles. The monoisotopic (exact) mass is 832 g/mol. The molecule has 6 heteroatoms. The van der Waals surface area contributed by atoms with E-state index in [0.717, 1.165) is 62.2 Å². The van der Waals surface area contributed by atoms with Crippen LogP contribution in [0.1, 0.15) is 51.4 Å². The summed E-state index contributed by atoms with van der Waals surface area (Å²) in [5.41, 5.74) is 12.3. The van der Waals surface area contributed by atoms with E-state index in [1.165, 1.54) is 11.1 Å². The number of imidazole rings is 1. The molecule has 5 aromatic carbocycles. The molecule has 0 spiro atoms. The zero-order chi connectivity index (χ0) is 33.9. The maximum atomic E-state index is 5.44. The SMILES string of the molecule is Cn1ccnc1-c1[c-]c(N2c3[c-]c(-n4nc(C(C)(C)C)c(-c5ccccc5)c4-c4ccccc4)ccc3C(C)(C)c3ccccc32)ccc1.[Pt+2]. The fraction of sp³-hybridized carbons (Fsp3) is 0.182. The maximum Gasteiger partial charge on any atom is 2.00 e. The van der Waals surface area contributed by atoms with Crippen LogP contribution in [0.25, 0.3) is 39.5 Å². The average Bonchev–Trinajstić information content (AvgIpc) is 3.74. The number of rotatable bonds is 5. The van der Waals surface area contributed by atoms with E-state index in [4.69, 9.17) is 5.10 Å². The van der Waals surface area contributed by atoms with Gasteiger partial charge in [0.1, 0.15) is 0 Å². The van der Waals surface area contributed by atoms with E-state index in [-0.39, 0.29) is 31.9 Å². The third-order valence-corrected chi connectivity index (χ3v) is 9.64. The van der Waals surface area contributed by atoms with Crippen molar-refractivity contribution in [2.24, 2.45) is 7.05 Å². The summed E-state index contributed by atoms with van der Waals surface area (Å²) in [5, 5.41) is 5.44.